The molecule has 0 spiro atoms. The Morgan fingerprint density at radius 3 is 2.06 bits per heavy atom. The number of anilines is 1. The van der Waals surface area contributed by atoms with Crippen LogP contribution in [0.15, 0.2) is 36.4 Å². The molecule has 5 nitrogen and oxygen atoms in total. The molecule has 0 aliphatic heterocycles. The molecule has 4 fully saturated rings. The second-order valence-corrected chi connectivity index (χ2v) is 9.43. The highest BCUT2D eigenvalue weighted by molar-refractivity contribution is 6.08. The van der Waals surface area contributed by atoms with Crippen molar-refractivity contribution in [3.05, 3.63) is 59.2 Å². The minimum atomic E-state index is -1.20. The maximum atomic E-state index is 13.7. The van der Waals surface area contributed by atoms with Crippen molar-refractivity contribution < 1.29 is 23.5 Å². The summed E-state index contributed by atoms with van der Waals surface area (Å²) < 4.78 is 27.4. The number of rotatable bonds is 3. The van der Waals surface area contributed by atoms with Gasteiger partial charge in [-0.05, 0) is 91.5 Å². The number of hydrogen-bond donors (Lipinski definition) is 3. The molecule has 162 valence electrons. The smallest absolute Gasteiger partial charge is 0.326 e. The van der Waals surface area contributed by atoms with E-state index in [1.165, 1.54) is 19.3 Å². The number of nitrogens with one attached hydrogen (secondary N) is 2. The molecular formula is C24H24F2N2O3. The van der Waals surface area contributed by atoms with Crippen LogP contribution in [0.4, 0.5) is 19.3 Å². The molecule has 31 heavy (non-hydrogen) atoms. The average Bonchev–Trinajstić information content (AvgIpc) is 2.68. The third-order valence-corrected chi connectivity index (χ3v) is 7.31. The maximum Gasteiger partial charge on any atom is 0.326 e. The van der Waals surface area contributed by atoms with Gasteiger partial charge in [-0.1, -0.05) is 12.1 Å². The molecule has 4 bridgehead atoms. The molecule has 0 atom stereocenters. The highest BCUT2D eigenvalue weighted by atomic mass is 19.1. The van der Waals surface area contributed by atoms with E-state index in [1.807, 2.05) is 11.4 Å². The molecule has 0 heterocycles. The van der Waals surface area contributed by atoms with Gasteiger partial charge in [0.2, 0.25) is 0 Å². The van der Waals surface area contributed by atoms with Crippen LogP contribution >= 0.6 is 0 Å². The monoisotopic (exact) mass is 426 g/mol. The first kappa shape index (κ1) is 20.0. The number of amides is 3. The molecule has 0 saturated heterocycles. The van der Waals surface area contributed by atoms with Crippen LogP contribution in [0.25, 0.3) is 0 Å². The lowest BCUT2D eigenvalue weighted by atomic mass is 9.48. The largest absolute Gasteiger partial charge is 0.506 e. The van der Waals surface area contributed by atoms with Crippen molar-refractivity contribution in [3.8, 4) is 5.75 Å². The summed E-state index contributed by atoms with van der Waals surface area (Å²) in [7, 11) is 0. The normalized spacial score (nSPS) is 28.4. The fourth-order valence-corrected chi connectivity index (χ4v) is 6.47. The maximum absolute atomic E-state index is 13.7. The molecule has 0 aromatic heterocycles. The Balaban J connectivity index is 1.30. The summed E-state index contributed by atoms with van der Waals surface area (Å²) in [5.74, 6) is -1.11. The van der Waals surface area contributed by atoms with Gasteiger partial charge in [0, 0.05) is 0 Å². The zero-order chi connectivity index (χ0) is 21.8. The molecule has 7 heteroatoms. The molecule has 2 aromatic carbocycles. The topological polar surface area (TPSA) is 78.4 Å². The number of phenols is 1. The van der Waals surface area contributed by atoms with E-state index in [-0.39, 0.29) is 16.9 Å². The van der Waals surface area contributed by atoms with Gasteiger partial charge in [-0.25, -0.2) is 13.6 Å². The second kappa shape index (κ2) is 7.32. The Morgan fingerprint density at radius 1 is 0.935 bits per heavy atom. The van der Waals surface area contributed by atoms with Gasteiger partial charge in [-0.3, -0.25) is 10.1 Å². The first-order chi connectivity index (χ1) is 14.8. The summed E-state index contributed by atoms with van der Waals surface area (Å²) >= 11 is 0. The number of halogens is 2. The van der Waals surface area contributed by atoms with E-state index in [2.05, 4.69) is 5.32 Å². The second-order valence-electron chi connectivity index (χ2n) is 9.43. The molecule has 4 aliphatic carbocycles. The van der Waals surface area contributed by atoms with Crippen LogP contribution < -0.4 is 10.6 Å². The first-order valence-corrected chi connectivity index (χ1v) is 10.7. The third-order valence-electron chi connectivity index (χ3n) is 7.31. The summed E-state index contributed by atoms with van der Waals surface area (Å²) in [6.45, 7) is 0. The highest BCUT2D eigenvalue weighted by Gasteiger charge is 2.51. The lowest BCUT2D eigenvalue weighted by Gasteiger charge is -2.57. The number of urea groups is 1. The zero-order valence-corrected chi connectivity index (χ0v) is 17.0. The summed E-state index contributed by atoms with van der Waals surface area (Å²) in [5.41, 5.74) is 0.497. The van der Waals surface area contributed by atoms with Crippen molar-refractivity contribution in [2.45, 2.75) is 43.9 Å². The fraction of sp³-hybridized carbons (Fsp3) is 0.417. The summed E-state index contributed by atoms with van der Waals surface area (Å²) in [6.07, 6.45) is 7.41. The van der Waals surface area contributed by atoms with Gasteiger partial charge in [0.15, 0.2) is 0 Å². The van der Waals surface area contributed by atoms with Crippen molar-refractivity contribution in [1.82, 2.24) is 5.32 Å². The van der Waals surface area contributed by atoms with Crippen molar-refractivity contribution in [1.29, 1.82) is 0 Å². The molecular weight excluding hydrogens is 402 g/mol. The van der Waals surface area contributed by atoms with Crippen LogP contribution in [0.5, 0.6) is 5.75 Å². The number of hydrogen-bond acceptors (Lipinski definition) is 3. The van der Waals surface area contributed by atoms with E-state index in [4.69, 9.17) is 0 Å². The molecule has 0 unspecified atom stereocenters. The van der Waals surface area contributed by atoms with Crippen molar-refractivity contribution >= 4 is 17.6 Å². The number of phenolic OH excluding ortho intramolecular Hbond substituents is 1. The van der Waals surface area contributed by atoms with Crippen LogP contribution in [-0.2, 0) is 5.41 Å². The van der Waals surface area contributed by atoms with Gasteiger partial charge in [0.25, 0.3) is 5.91 Å². The molecule has 2 aromatic rings. The van der Waals surface area contributed by atoms with Crippen molar-refractivity contribution in [3.63, 3.8) is 0 Å². The van der Waals surface area contributed by atoms with Crippen LogP contribution in [0, 0.1) is 29.4 Å². The van der Waals surface area contributed by atoms with Gasteiger partial charge >= 0.3 is 6.03 Å². The van der Waals surface area contributed by atoms with Gasteiger partial charge in [-0.2, -0.15) is 0 Å². The van der Waals surface area contributed by atoms with Crippen molar-refractivity contribution in [2.24, 2.45) is 17.8 Å². The number of carbonyl (C=O) groups excluding carboxylic acids is 2. The Bertz CT molecular complexity index is 1010. The molecule has 3 amide bonds. The van der Waals surface area contributed by atoms with Crippen LogP contribution in [-0.4, -0.2) is 17.0 Å². The minimum absolute atomic E-state index is 0.0899. The van der Waals surface area contributed by atoms with Gasteiger partial charge in [0.1, 0.15) is 22.9 Å². The molecule has 3 N–H and O–H groups in total. The van der Waals surface area contributed by atoms with E-state index in [0.717, 1.165) is 60.8 Å². The van der Waals surface area contributed by atoms with Crippen LogP contribution in [0.2, 0.25) is 0 Å². The van der Waals surface area contributed by atoms with Gasteiger partial charge < -0.3 is 10.4 Å². The Kier molecular flexibility index (Phi) is 4.72. The predicted molar refractivity (Wildman–Crippen MR) is 111 cm³/mol. The highest BCUT2D eigenvalue weighted by Crippen LogP contribution is 2.61. The Hall–Kier alpha value is -2.96. The van der Waals surface area contributed by atoms with Crippen LogP contribution in [0.3, 0.4) is 0 Å². The number of imide groups is 1. The summed E-state index contributed by atoms with van der Waals surface area (Å²) in [6, 6.07) is 7.28. The minimum Gasteiger partial charge on any atom is -0.506 e. The first-order valence-electron chi connectivity index (χ1n) is 10.7. The number of carbonyl (C=O) groups is 2. The molecule has 4 aliphatic rings. The van der Waals surface area contributed by atoms with Gasteiger partial charge in [0.05, 0.1) is 5.69 Å². The Labute approximate surface area is 178 Å². The molecule has 4 saturated carbocycles. The van der Waals surface area contributed by atoms with Crippen LogP contribution in [0.1, 0.15) is 54.4 Å². The zero-order valence-electron chi connectivity index (χ0n) is 17.0. The average molecular weight is 426 g/mol. The fourth-order valence-electron chi connectivity index (χ4n) is 6.47. The number of benzene rings is 2. The number of aromatic hydroxyl groups is 1. The summed E-state index contributed by atoms with van der Waals surface area (Å²) in [5, 5.41) is 14.8. The quantitative estimate of drug-likeness (QED) is 0.598. The summed E-state index contributed by atoms with van der Waals surface area (Å²) in [4.78, 5) is 24.2. The van der Waals surface area contributed by atoms with Gasteiger partial charge in [-0.15, -0.1) is 0 Å². The van der Waals surface area contributed by atoms with E-state index < -0.39 is 29.1 Å². The lowest BCUT2D eigenvalue weighted by Crippen LogP contribution is -2.48. The Morgan fingerprint density at radius 2 is 1.52 bits per heavy atom. The molecule has 6 rings (SSSR count). The van der Waals surface area contributed by atoms with E-state index in [9.17, 15) is 23.5 Å². The van der Waals surface area contributed by atoms with Crippen molar-refractivity contribution in [2.75, 3.05) is 5.32 Å². The molecule has 0 radical (unpaired) electrons. The predicted octanol–water partition coefficient (Wildman–Crippen LogP) is 5.10. The van der Waals surface area contributed by atoms with E-state index in [1.54, 1.807) is 12.1 Å². The SMILES string of the molecule is O=C(NC(=O)c1c(F)cccc1F)Nc1ccc(C23CC4CC(CC(C4)C2)C3)cc1O. The van der Waals surface area contributed by atoms with E-state index >= 15 is 0 Å². The standard InChI is InChI=1S/C24H24F2N2O3/c25-17-2-1-3-18(26)21(17)22(30)28-23(31)27-19-5-4-16(9-20(19)29)24-10-13-6-14(11-24)8-15(7-13)12-24/h1-5,9,13-15,29H,6-8,10-12H2,(H2,27,28,30,31). The lowest BCUT2D eigenvalue weighted by molar-refractivity contribution is -0.00526. The third kappa shape index (κ3) is 3.56. The van der Waals surface area contributed by atoms with E-state index in [0.29, 0.717) is 0 Å².